The summed E-state index contributed by atoms with van der Waals surface area (Å²) in [5.74, 6) is 0.655. The van der Waals surface area contributed by atoms with Gasteiger partial charge in [0.25, 0.3) is 0 Å². The van der Waals surface area contributed by atoms with Gasteiger partial charge in [0.2, 0.25) is 0 Å². The Bertz CT molecular complexity index is 2810. The highest BCUT2D eigenvalue weighted by molar-refractivity contribution is 7.24. The highest BCUT2D eigenvalue weighted by Gasteiger charge is 2.21. The minimum Gasteiger partial charge on any atom is -0.309 e. The molecule has 5 heterocycles. The van der Waals surface area contributed by atoms with Crippen LogP contribution in [-0.4, -0.2) is 24.5 Å². The Balaban J connectivity index is 1.15. The average molecular weight is 684 g/mol. The molecule has 6 heteroatoms. The van der Waals surface area contributed by atoms with Gasteiger partial charge < -0.3 is 4.57 Å². The van der Waals surface area contributed by atoms with Crippen LogP contribution in [0, 0.1) is 0 Å². The van der Waals surface area contributed by atoms with Crippen LogP contribution < -0.4 is 0 Å². The number of hydrogen-bond acceptors (Lipinski definition) is 5. The van der Waals surface area contributed by atoms with Crippen molar-refractivity contribution in [2.45, 2.75) is 0 Å². The van der Waals surface area contributed by atoms with Crippen molar-refractivity contribution in [3.05, 3.63) is 176 Å². The molecule has 52 heavy (non-hydrogen) atoms. The standard InChI is InChI=1S/C46H29N5S/c1-3-9-32(10-4-1)42-37-19-20-41-43(45(37)52-44(42)33-11-5-2-6-12-33)36-13-7-8-14-40(36)51(41)35-17-15-30(16-18-35)38-29-39(31-21-25-47-26-22-31)50-46(49-38)34-23-27-48-28-24-34/h1-29H. The van der Waals surface area contributed by atoms with E-state index in [1.807, 2.05) is 35.6 Å². The van der Waals surface area contributed by atoms with E-state index < -0.39 is 0 Å². The Kier molecular flexibility index (Phi) is 7.25. The quantitative estimate of drug-likeness (QED) is 0.175. The summed E-state index contributed by atoms with van der Waals surface area (Å²) in [6.07, 6.45) is 7.12. The van der Waals surface area contributed by atoms with Crippen LogP contribution in [0.1, 0.15) is 0 Å². The molecule has 0 saturated carbocycles. The van der Waals surface area contributed by atoms with Gasteiger partial charge in [0.05, 0.1) is 22.4 Å². The van der Waals surface area contributed by atoms with E-state index in [-0.39, 0.29) is 0 Å². The van der Waals surface area contributed by atoms with Crippen LogP contribution in [-0.2, 0) is 0 Å². The first-order valence-electron chi connectivity index (χ1n) is 17.2. The third-order valence-corrected chi connectivity index (χ3v) is 10.9. The molecule has 0 atom stereocenters. The lowest BCUT2D eigenvalue weighted by molar-refractivity contribution is 1.16. The summed E-state index contributed by atoms with van der Waals surface area (Å²) in [6.45, 7) is 0. The molecule has 0 bridgehead atoms. The molecule has 0 saturated heterocycles. The summed E-state index contributed by atoms with van der Waals surface area (Å²) in [7, 11) is 0. The maximum atomic E-state index is 5.03. The lowest BCUT2D eigenvalue weighted by atomic mass is 9.98. The first-order chi connectivity index (χ1) is 25.8. The fourth-order valence-corrected chi connectivity index (χ4v) is 8.63. The van der Waals surface area contributed by atoms with Gasteiger partial charge in [-0.15, -0.1) is 11.3 Å². The molecule has 5 nitrogen and oxygen atoms in total. The third kappa shape index (κ3) is 5.08. The van der Waals surface area contributed by atoms with Gasteiger partial charge in [0.15, 0.2) is 5.82 Å². The molecule has 0 radical (unpaired) electrons. The number of rotatable bonds is 6. The number of pyridine rings is 2. The second-order valence-corrected chi connectivity index (χ2v) is 13.7. The fraction of sp³-hybridized carbons (Fsp3) is 0. The maximum absolute atomic E-state index is 5.03. The molecule has 0 N–H and O–H groups in total. The van der Waals surface area contributed by atoms with Crippen molar-refractivity contribution in [3.8, 4) is 61.2 Å². The largest absolute Gasteiger partial charge is 0.309 e. The summed E-state index contributed by atoms with van der Waals surface area (Å²) in [4.78, 5) is 19.6. The van der Waals surface area contributed by atoms with Crippen molar-refractivity contribution in [2.24, 2.45) is 0 Å². The van der Waals surface area contributed by atoms with Crippen molar-refractivity contribution in [1.82, 2.24) is 24.5 Å². The van der Waals surface area contributed by atoms with Gasteiger partial charge in [-0.05, 0) is 65.7 Å². The maximum Gasteiger partial charge on any atom is 0.160 e. The highest BCUT2D eigenvalue weighted by Crippen LogP contribution is 2.49. The monoisotopic (exact) mass is 683 g/mol. The minimum absolute atomic E-state index is 0.655. The van der Waals surface area contributed by atoms with Crippen LogP contribution in [0.5, 0.6) is 0 Å². The summed E-state index contributed by atoms with van der Waals surface area (Å²) >= 11 is 1.89. The highest BCUT2D eigenvalue weighted by atomic mass is 32.1. The number of hydrogen-bond donors (Lipinski definition) is 0. The number of fused-ring (bicyclic) bond motifs is 5. The molecule has 0 amide bonds. The van der Waals surface area contributed by atoms with E-state index in [4.69, 9.17) is 9.97 Å². The van der Waals surface area contributed by atoms with Crippen LogP contribution in [0.2, 0.25) is 0 Å². The molecule has 5 aromatic carbocycles. The minimum atomic E-state index is 0.655. The Labute approximate surface area is 304 Å². The van der Waals surface area contributed by atoms with Crippen LogP contribution in [0.4, 0.5) is 0 Å². The molecule has 0 aliphatic carbocycles. The van der Waals surface area contributed by atoms with E-state index in [1.54, 1.807) is 24.8 Å². The number of benzene rings is 5. The second-order valence-electron chi connectivity index (χ2n) is 12.7. The predicted octanol–water partition coefficient (Wildman–Crippen LogP) is 11.9. The van der Waals surface area contributed by atoms with Crippen molar-refractivity contribution in [2.75, 3.05) is 0 Å². The number of thiophene rings is 1. The SMILES string of the molecule is c1ccc(-c2sc3c(ccc4c3c3ccccc3n4-c3ccc(-c4cc(-c5ccncc5)nc(-c5ccncc5)n4)cc3)c2-c2ccccc2)cc1. The summed E-state index contributed by atoms with van der Waals surface area (Å²) in [5, 5.41) is 3.80. The van der Waals surface area contributed by atoms with Crippen molar-refractivity contribution < 1.29 is 0 Å². The number of nitrogens with zero attached hydrogens (tertiary/aromatic N) is 5. The van der Waals surface area contributed by atoms with Gasteiger partial charge >= 0.3 is 0 Å². The molecular weight excluding hydrogens is 655 g/mol. The van der Waals surface area contributed by atoms with Gasteiger partial charge in [-0.25, -0.2) is 9.97 Å². The van der Waals surface area contributed by atoms with E-state index >= 15 is 0 Å². The zero-order valence-electron chi connectivity index (χ0n) is 27.9. The summed E-state index contributed by atoms with van der Waals surface area (Å²) in [5.41, 5.74) is 11.8. The number of aromatic nitrogens is 5. The molecule has 0 spiro atoms. The molecule has 244 valence electrons. The Morgan fingerprint density at radius 2 is 1.04 bits per heavy atom. The number of para-hydroxylation sites is 1. The van der Waals surface area contributed by atoms with Crippen molar-refractivity contribution in [1.29, 1.82) is 0 Å². The van der Waals surface area contributed by atoms with Gasteiger partial charge in [0, 0.05) is 78.5 Å². The first-order valence-corrected chi connectivity index (χ1v) is 18.0. The fourth-order valence-electron chi connectivity index (χ4n) is 7.25. The van der Waals surface area contributed by atoms with Crippen molar-refractivity contribution in [3.63, 3.8) is 0 Å². The third-order valence-electron chi connectivity index (χ3n) is 9.65. The van der Waals surface area contributed by atoms with E-state index in [2.05, 4.69) is 142 Å². The lowest BCUT2D eigenvalue weighted by Gasteiger charge is -2.11. The zero-order valence-corrected chi connectivity index (χ0v) is 28.7. The molecule has 0 aliphatic rings. The van der Waals surface area contributed by atoms with Crippen LogP contribution in [0.15, 0.2) is 176 Å². The molecule has 0 aliphatic heterocycles. The smallest absolute Gasteiger partial charge is 0.160 e. The average Bonchev–Trinajstić information content (AvgIpc) is 3.78. The molecule has 0 unspecified atom stereocenters. The second kappa shape index (κ2) is 12.5. The van der Waals surface area contributed by atoms with Crippen molar-refractivity contribution >= 4 is 43.2 Å². The topological polar surface area (TPSA) is 56.5 Å². The Hall–Kier alpha value is -6.76. The molecule has 5 aromatic heterocycles. The van der Waals surface area contributed by atoms with Gasteiger partial charge in [-0.1, -0.05) is 97.1 Å². The molecule has 10 aromatic rings. The van der Waals surface area contributed by atoms with Gasteiger partial charge in [0.1, 0.15) is 0 Å². The summed E-state index contributed by atoms with van der Waals surface area (Å²) < 4.78 is 3.69. The van der Waals surface area contributed by atoms with Gasteiger partial charge in [-0.3, -0.25) is 9.97 Å². The lowest BCUT2D eigenvalue weighted by Crippen LogP contribution is -1.97. The van der Waals surface area contributed by atoms with Crippen LogP contribution in [0.25, 0.3) is 93.0 Å². The van der Waals surface area contributed by atoms with E-state index in [9.17, 15) is 0 Å². The molecule has 10 rings (SSSR count). The van der Waals surface area contributed by atoms with Crippen LogP contribution >= 0.6 is 11.3 Å². The van der Waals surface area contributed by atoms with E-state index in [1.165, 1.54) is 53.5 Å². The van der Waals surface area contributed by atoms with Crippen LogP contribution in [0.3, 0.4) is 0 Å². The Morgan fingerprint density at radius 3 is 1.73 bits per heavy atom. The molecular formula is C46H29N5S. The van der Waals surface area contributed by atoms with E-state index in [0.29, 0.717) is 5.82 Å². The van der Waals surface area contributed by atoms with Gasteiger partial charge in [-0.2, -0.15) is 0 Å². The molecule has 0 fully saturated rings. The van der Waals surface area contributed by atoms with E-state index in [0.717, 1.165) is 33.8 Å². The summed E-state index contributed by atoms with van der Waals surface area (Å²) in [6, 6.07) is 53.5. The Morgan fingerprint density at radius 1 is 0.442 bits per heavy atom. The zero-order chi connectivity index (χ0) is 34.4. The first kappa shape index (κ1) is 30.1. The normalized spacial score (nSPS) is 11.5. The predicted molar refractivity (Wildman–Crippen MR) is 215 cm³/mol.